The first-order valence-corrected chi connectivity index (χ1v) is 5.96. The number of nitrogens with zero attached hydrogens (tertiary/aromatic N) is 2. The number of aryl methyl sites for hydroxylation is 1. The van der Waals surface area contributed by atoms with E-state index in [2.05, 4.69) is 20.9 Å². The van der Waals surface area contributed by atoms with Crippen LogP contribution in [0.2, 0.25) is 0 Å². The summed E-state index contributed by atoms with van der Waals surface area (Å²) in [7, 11) is 1.79. The number of halogens is 2. The van der Waals surface area contributed by atoms with E-state index in [1.165, 1.54) is 6.07 Å². The Morgan fingerprint density at radius 2 is 2.29 bits per heavy atom. The van der Waals surface area contributed by atoms with Crippen molar-refractivity contribution < 1.29 is 9.50 Å². The largest absolute Gasteiger partial charge is 0.385 e. The predicted molar refractivity (Wildman–Crippen MR) is 66.0 cm³/mol. The number of benzene rings is 1. The van der Waals surface area contributed by atoms with Crippen molar-refractivity contribution in [3.05, 3.63) is 52.3 Å². The fourth-order valence-corrected chi connectivity index (χ4v) is 2.11. The van der Waals surface area contributed by atoms with Gasteiger partial charge in [0.05, 0.1) is 0 Å². The van der Waals surface area contributed by atoms with Crippen LogP contribution in [0.1, 0.15) is 17.5 Å². The molecule has 1 heterocycles. The van der Waals surface area contributed by atoms with Gasteiger partial charge in [-0.15, -0.1) is 0 Å². The Hall–Kier alpha value is -1.20. The Labute approximate surface area is 107 Å². The lowest BCUT2D eigenvalue weighted by Crippen LogP contribution is -2.09. The minimum absolute atomic E-state index is 0.204. The summed E-state index contributed by atoms with van der Waals surface area (Å²) in [6.07, 6.45) is 2.75. The van der Waals surface area contributed by atoms with Gasteiger partial charge in [0.1, 0.15) is 17.7 Å². The Morgan fingerprint density at radius 1 is 1.53 bits per heavy atom. The summed E-state index contributed by atoms with van der Waals surface area (Å²) < 4.78 is 16.0. The first-order valence-electron chi connectivity index (χ1n) is 5.17. The van der Waals surface area contributed by atoms with Crippen LogP contribution in [0.4, 0.5) is 4.39 Å². The summed E-state index contributed by atoms with van der Waals surface area (Å²) in [6.45, 7) is 0. The molecular weight excluding hydrogens is 287 g/mol. The van der Waals surface area contributed by atoms with Crippen molar-refractivity contribution in [3.63, 3.8) is 0 Å². The average Bonchev–Trinajstić information content (AvgIpc) is 2.70. The quantitative estimate of drug-likeness (QED) is 0.946. The molecule has 0 saturated carbocycles. The summed E-state index contributed by atoms with van der Waals surface area (Å²) in [5, 5.41) is 9.99. The van der Waals surface area contributed by atoms with Gasteiger partial charge in [-0.05, 0) is 23.8 Å². The van der Waals surface area contributed by atoms with Crippen molar-refractivity contribution in [2.24, 2.45) is 7.05 Å². The van der Waals surface area contributed by atoms with Crippen LogP contribution < -0.4 is 0 Å². The van der Waals surface area contributed by atoms with E-state index in [0.717, 1.165) is 4.47 Å². The highest BCUT2D eigenvalue weighted by Gasteiger charge is 2.15. The van der Waals surface area contributed by atoms with E-state index in [4.69, 9.17) is 0 Å². The minimum atomic E-state index is -0.807. The van der Waals surface area contributed by atoms with Crippen LogP contribution in [0.15, 0.2) is 35.1 Å². The number of imidazole rings is 1. The lowest BCUT2D eigenvalue weighted by Gasteiger charge is -2.11. The van der Waals surface area contributed by atoms with Crippen molar-refractivity contribution in [2.45, 2.75) is 12.5 Å². The number of aliphatic hydroxyl groups excluding tert-OH is 1. The molecule has 0 spiro atoms. The van der Waals surface area contributed by atoms with Gasteiger partial charge in [-0.25, -0.2) is 9.37 Å². The molecule has 1 unspecified atom stereocenters. The molecule has 0 aliphatic heterocycles. The van der Waals surface area contributed by atoms with Gasteiger partial charge in [0.25, 0.3) is 0 Å². The van der Waals surface area contributed by atoms with Gasteiger partial charge < -0.3 is 9.67 Å². The van der Waals surface area contributed by atoms with Gasteiger partial charge in [-0.3, -0.25) is 0 Å². The molecule has 1 atom stereocenters. The SMILES string of the molecule is Cn1ccnc1C(O)Cc1cc(Br)ccc1F. The highest BCUT2D eigenvalue weighted by atomic mass is 79.9. The first-order chi connectivity index (χ1) is 8.08. The number of hydrogen-bond acceptors (Lipinski definition) is 2. The van der Waals surface area contributed by atoms with E-state index in [1.807, 2.05) is 0 Å². The molecule has 0 saturated heterocycles. The van der Waals surface area contributed by atoms with Crippen molar-refractivity contribution in [3.8, 4) is 0 Å². The van der Waals surface area contributed by atoms with Crippen LogP contribution in [-0.2, 0) is 13.5 Å². The molecule has 0 bridgehead atoms. The van der Waals surface area contributed by atoms with Crippen molar-refractivity contribution in [2.75, 3.05) is 0 Å². The first kappa shape index (κ1) is 12.3. The predicted octanol–water partition coefficient (Wildman–Crippen LogP) is 2.60. The molecule has 90 valence electrons. The molecule has 0 fully saturated rings. The molecule has 17 heavy (non-hydrogen) atoms. The second-order valence-corrected chi connectivity index (χ2v) is 4.77. The average molecular weight is 299 g/mol. The molecule has 3 nitrogen and oxygen atoms in total. The van der Waals surface area contributed by atoms with E-state index < -0.39 is 6.10 Å². The van der Waals surface area contributed by atoms with Gasteiger partial charge in [0.15, 0.2) is 0 Å². The Balaban J connectivity index is 2.21. The lowest BCUT2D eigenvalue weighted by atomic mass is 10.1. The van der Waals surface area contributed by atoms with Crippen molar-refractivity contribution in [1.82, 2.24) is 9.55 Å². The van der Waals surface area contributed by atoms with Gasteiger partial charge in [0.2, 0.25) is 0 Å². The van der Waals surface area contributed by atoms with Gasteiger partial charge >= 0.3 is 0 Å². The minimum Gasteiger partial charge on any atom is -0.385 e. The van der Waals surface area contributed by atoms with Crippen LogP contribution >= 0.6 is 15.9 Å². The normalized spacial score (nSPS) is 12.7. The summed E-state index contributed by atoms with van der Waals surface area (Å²) in [6, 6.07) is 4.68. The maximum atomic E-state index is 13.5. The van der Waals surface area contributed by atoms with E-state index in [9.17, 15) is 9.50 Å². The zero-order valence-corrected chi connectivity index (χ0v) is 10.9. The fourth-order valence-electron chi connectivity index (χ4n) is 1.70. The summed E-state index contributed by atoms with van der Waals surface area (Å²) in [5.74, 6) is 0.214. The Morgan fingerprint density at radius 3 is 2.94 bits per heavy atom. The third-order valence-electron chi connectivity index (χ3n) is 2.58. The van der Waals surface area contributed by atoms with Crippen LogP contribution in [0.5, 0.6) is 0 Å². The van der Waals surface area contributed by atoms with E-state index in [1.54, 1.807) is 36.1 Å². The number of hydrogen-bond donors (Lipinski definition) is 1. The Kier molecular flexibility index (Phi) is 3.59. The van der Waals surface area contributed by atoms with E-state index >= 15 is 0 Å². The molecule has 2 aromatic rings. The molecule has 0 radical (unpaired) electrons. The molecule has 5 heteroatoms. The zero-order chi connectivity index (χ0) is 12.4. The van der Waals surface area contributed by atoms with Crippen LogP contribution in [0.25, 0.3) is 0 Å². The van der Waals surface area contributed by atoms with Gasteiger partial charge in [-0.1, -0.05) is 15.9 Å². The number of rotatable bonds is 3. The molecule has 1 aromatic heterocycles. The maximum absolute atomic E-state index is 13.5. The van der Waals surface area contributed by atoms with Crippen molar-refractivity contribution in [1.29, 1.82) is 0 Å². The highest BCUT2D eigenvalue weighted by molar-refractivity contribution is 9.10. The summed E-state index contributed by atoms with van der Waals surface area (Å²) in [4.78, 5) is 4.04. The van der Waals surface area contributed by atoms with Gasteiger partial charge in [0, 0.05) is 30.3 Å². The van der Waals surface area contributed by atoms with Crippen molar-refractivity contribution >= 4 is 15.9 Å². The Bertz CT molecular complexity index is 527. The molecule has 2 rings (SSSR count). The second-order valence-electron chi connectivity index (χ2n) is 3.85. The molecule has 0 aliphatic carbocycles. The molecular formula is C12H12BrFN2O. The third kappa shape index (κ3) is 2.73. The number of aromatic nitrogens is 2. The zero-order valence-electron chi connectivity index (χ0n) is 9.27. The van der Waals surface area contributed by atoms with Crippen LogP contribution in [-0.4, -0.2) is 14.7 Å². The van der Waals surface area contributed by atoms with Crippen LogP contribution in [0, 0.1) is 5.82 Å². The fraction of sp³-hybridized carbons (Fsp3) is 0.250. The lowest BCUT2D eigenvalue weighted by molar-refractivity contribution is 0.163. The standard InChI is InChI=1S/C12H12BrFN2O/c1-16-5-4-15-12(16)11(17)7-8-6-9(13)2-3-10(8)14/h2-6,11,17H,7H2,1H3. The topological polar surface area (TPSA) is 38.0 Å². The number of aliphatic hydroxyl groups is 1. The summed E-state index contributed by atoms with van der Waals surface area (Å²) in [5.41, 5.74) is 0.467. The third-order valence-corrected chi connectivity index (χ3v) is 3.07. The second kappa shape index (κ2) is 4.98. The van der Waals surface area contributed by atoms with E-state index in [0.29, 0.717) is 11.4 Å². The van der Waals surface area contributed by atoms with Gasteiger partial charge in [-0.2, -0.15) is 0 Å². The molecule has 1 N–H and O–H groups in total. The monoisotopic (exact) mass is 298 g/mol. The van der Waals surface area contributed by atoms with E-state index in [-0.39, 0.29) is 12.2 Å². The maximum Gasteiger partial charge on any atom is 0.137 e. The summed E-state index contributed by atoms with van der Waals surface area (Å²) >= 11 is 3.28. The molecule has 0 amide bonds. The van der Waals surface area contributed by atoms with Crippen LogP contribution in [0.3, 0.4) is 0 Å². The highest BCUT2D eigenvalue weighted by Crippen LogP contribution is 2.21. The smallest absolute Gasteiger partial charge is 0.137 e. The molecule has 1 aromatic carbocycles. The molecule has 0 aliphatic rings.